The van der Waals surface area contributed by atoms with Gasteiger partial charge in [0.1, 0.15) is 5.58 Å². The first-order chi connectivity index (χ1) is 13.6. The first-order valence-electron chi connectivity index (χ1n) is 9.50. The van der Waals surface area contributed by atoms with Gasteiger partial charge in [0.2, 0.25) is 0 Å². The van der Waals surface area contributed by atoms with Gasteiger partial charge in [-0.15, -0.1) is 11.3 Å². The van der Waals surface area contributed by atoms with Crippen LogP contribution in [0, 0.1) is 0 Å². The Bertz CT molecular complexity index is 1190. The number of pyridine rings is 1. The fourth-order valence-electron chi connectivity index (χ4n) is 4.02. The lowest BCUT2D eigenvalue weighted by Crippen LogP contribution is -2.54. The average Bonchev–Trinajstić information content (AvgIpc) is 3.10. The van der Waals surface area contributed by atoms with Gasteiger partial charge in [0.15, 0.2) is 0 Å². The van der Waals surface area contributed by atoms with Crippen molar-refractivity contribution in [3.8, 4) is 10.4 Å². The molecule has 28 heavy (non-hydrogen) atoms. The minimum absolute atomic E-state index is 0.300. The van der Waals surface area contributed by atoms with E-state index in [-0.39, 0.29) is 5.63 Å². The Morgan fingerprint density at radius 3 is 2.71 bits per heavy atom. The van der Waals surface area contributed by atoms with Gasteiger partial charge < -0.3 is 14.6 Å². The Labute approximate surface area is 166 Å². The van der Waals surface area contributed by atoms with Gasteiger partial charge in [0.05, 0.1) is 5.56 Å². The number of rotatable bonds is 2. The van der Waals surface area contributed by atoms with Crippen molar-refractivity contribution < 1.29 is 4.42 Å². The van der Waals surface area contributed by atoms with Crippen LogP contribution in [0.4, 0.5) is 5.69 Å². The van der Waals surface area contributed by atoms with Crippen LogP contribution >= 0.6 is 11.3 Å². The summed E-state index contributed by atoms with van der Waals surface area (Å²) in [4.78, 5) is 20.1. The van der Waals surface area contributed by atoms with E-state index in [1.54, 1.807) is 17.5 Å². The molecule has 0 saturated carbocycles. The molecule has 2 unspecified atom stereocenters. The fraction of sp³-hybridized carbons (Fsp3) is 0.273. The van der Waals surface area contributed by atoms with Crippen molar-refractivity contribution in [3.63, 3.8) is 0 Å². The third-order valence-electron chi connectivity index (χ3n) is 5.22. The van der Waals surface area contributed by atoms with Gasteiger partial charge in [0, 0.05) is 69.7 Å². The van der Waals surface area contributed by atoms with Crippen LogP contribution in [0.15, 0.2) is 58.0 Å². The minimum Gasteiger partial charge on any atom is -0.422 e. The smallest absolute Gasteiger partial charge is 0.345 e. The summed E-state index contributed by atoms with van der Waals surface area (Å²) in [6.07, 6.45) is 3.59. The minimum atomic E-state index is -0.300. The molecule has 0 amide bonds. The lowest BCUT2D eigenvalue weighted by atomic mass is 10.1. The fourth-order valence-corrected chi connectivity index (χ4v) is 5.06. The summed E-state index contributed by atoms with van der Waals surface area (Å²) in [6, 6.07) is 12.9. The number of thiophene rings is 1. The van der Waals surface area contributed by atoms with Crippen LogP contribution in [0.25, 0.3) is 31.5 Å². The Morgan fingerprint density at radius 1 is 1.11 bits per heavy atom. The van der Waals surface area contributed by atoms with Gasteiger partial charge in [0.25, 0.3) is 0 Å². The Balaban J connectivity index is 1.55. The van der Waals surface area contributed by atoms with Crippen molar-refractivity contribution in [2.45, 2.75) is 25.9 Å². The maximum atomic E-state index is 12.7. The summed E-state index contributed by atoms with van der Waals surface area (Å²) in [5.41, 5.74) is 2.03. The second-order valence-corrected chi connectivity index (χ2v) is 8.65. The van der Waals surface area contributed by atoms with Gasteiger partial charge in [-0.25, -0.2) is 4.79 Å². The van der Waals surface area contributed by atoms with Gasteiger partial charge >= 0.3 is 5.63 Å². The highest BCUT2D eigenvalue weighted by atomic mass is 32.1. The predicted octanol–water partition coefficient (Wildman–Crippen LogP) is 4.26. The molecular formula is C22H21N3O2S. The van der Waals surface area contributed by atoms with Gasteiger partial charge in [-0.05, 0) is 44.2 Å². The molecule has 142 valence electrons. The Kier molecular flexibility index (Phi) is 4.18. The quantitative estimate of drug-likeness (QED) is 0.518. The van der Waals surface area contributed by atoms with Crippen molar-refractivity contribution in [2.75, 3.05) is 18.0 Å². The second kappa shape index (κ2) is 6.72. The van der Waals surface area contributed by atoms with E-state index in [0.717, 1.165) is 39.1 Å². The van der Waals surface area contributed by atoms with E-state index in [9.17, 15) is 4.79 Å². The second-order valence-electron chi connectivity index (χ2n) is 7.57. The van der Waals surface area contributed by atoms with Crippen molar-refractivity contribution in [2.24, 2.45) is 0 Å². The number of benzene rings is 1. The number of nitrogens with zero attached hydrogens (tertiary/aromatic N) is 2. The van der Waals surface area contributed by atoms with Crippen LogP contribution in [-0.4, -0.2) is 30.2 Å². The maximum Gasteiger partial charge on any atom is 0.345 e. The summed E-state index contributed by atoms with van der Waals surface area (Å²) >= 11 is 1.58. The molecule has 0 radical (unpaired) electrons. The van der Waals surface area contributed by atoms with Crippen LogP contribution in [0.2, 0.25) is 0 Å². The maximum absolute atomic E-state index is 12.7. The molecule has 3 aromatic heterocycles. The van der Waals surface area contributed by atoms with Gasteiger partial charge in [-0.2, -0.15) is 0 Å². The topological polar surface area (TPSA) is 58.4 Å². The molecule has 4 heterocycles. The highest BCUT2D eigenvalue weighted by Crippen LogP contribution is 2.33. The zero-order valence-electron chi connectivity index (χ0n) is 15.8. The number of aromatic nitrogens is 1. The SMILES string of the molecule is CC1CN(c2ccc3cc(-c4cc5cnccc5s4)c(=O)oc3c2)CC(C)N1. The predicted molar refractivity (Wildman–Crippen MR) is 115 cm³/mol. The standard InChI is InChI=1S/C22H21N3O2S/c1-13-11-25(12-14(2)24-13)17-4-3-15-7-18(22(26)27-19(15)9-17)21-8-16-10-23-6-5-20(16)28-21/h3-10,13-14,24H,11-12H2,1-2H3. The summed E-state index contributed by atoms with van der Waals surface area (Å²) in [5, 5.41) is 5.52. The van der Waals surface area contributed by atoms with Crippen LogP contribution in [0.5, 0.6) is 0 Å². The number of fused-ring (bicyclic) bond motifs is 2. The molecule has 0 aliphatic carbocycles. The van der Waals surface area contributed by atoms with Crippen LogP contribution < -0.4 is 15.8 Å². The monoisotopic (exact) mass is 391 g/mol. The van der Waals surface area contributed by atoms with E-state index in [1.807, 2.05) is 36.5 Å². The molecule has 2 atom stereocenters. The van der Waals surface area contributed by atoms with Crippen molar-refractivity contribution in [3.05, 3.63) is 59.2 Å². The van der Waals surface area contributed by atoms with E-state index >= 15 is 0 Å². The van der Waals surface area contributed by atoms with Gasteiger partial charge in [-0.1, -0.05) is 0 Å². The zero-order valence-corrected chi connectivity index (χ0v) is 16.6. The average molecular weight is 391 g/mol. The summed E-state index contributed by atoms with van der Waals surface area (Å²) < 4.78 is 6.83. The summed E-state index contributed by atoms with van der Waals surface area (Å²) in [5.74, 6) is 0. The number of hydrogen-bond donors (Lipinski definition) is 1. The number of anilines is 1. The van der Waals surface area contributed by atoms with Gasteiger partial charge in [-0.3, -0.25) is 4.98 Å². The normalized spacial score (nSPS) is 20.1. The van der Waals surface area contributed by atoms with Crippen LogP contribution in [-0.2, 0) is 0 Å². The Hall–Kier alpha value is -2.70. The highest BCUT2D eigenvalue weighted by molar-refractivity contribution is 7.22. The highest BCUT2D eigenvalue weighted by Gasteiger charge is 2.21. The summed E-state index contributed by atoms with van der Waals surface area (Å²) in [6.45, 7) is 6.26. The zero-order chi connectivity index (χ0) is 19.3. The van der Waals surface area contributed by atoms with E-state index < -0.39 is 0 Å². The molecule has 1 N–H and O–H groups in total. The molecule has 0 spiro atoms. The number of piperazine rings is 1. The molecule has 1 aliphatic rings. The molecule has 1 saturated heterocycles. The molecule has 0 bridgehead atoms. The largest absolute Gasteiger partial charge is 0.422 e. The molecule has 5 rings (SSSR count). The summed E-state index contributed by atoms with van der Waals surface area (Å²) in [7, 11) is 0. The molecule has 6 heteroatoms. The van der Waals surface area contributed by atoms with E-state index in [2.05, 4.69) is 35.1 Å². The molecule has 1 aliphatic heterocycles. The lowest BCUT2D eigenvalue weighted by Gasteiger charge is -2.37. The van der Waals surface area contributed by atoms with Crippen molar-refractivity contribution in [1.29, 1.82) is 0 Å². The first kappa shape index (κ1) is 17.4. The number of hydrogen-bond acceptors (Lipinski definition) is 6. The van der Waals surface area contributed by atoms with E-state index in [1.165, 1.54) is 0 Å². The lowest BCUT2D eigenvalue weighted by molar-refractivity contribution is 0.407. The first-order valence-corrected chi connectivity index (χ1v) is 10.3. The molecule has 4 aromatic rings. The Morgan fingerprint density at radius 2 is 1.93 bits per heavy atom. The molecule has 5 nitrogen and oxygen atoms in total. The van der Waals surface area contributed by atoms with E-state index in [0.29, 0.717) is 23.2 Å². The van der Waals surface area contributed by atoms with Crippen LogP contribution in [0.1, 0.15) is 13.8 Å². The number of nitrogens with one attached hydrogen (secondary N) is 1. The van der Waals surface area contributed by atoms with Crippen molar-refractivity contribution in [1.82, 2.24) is 10.3 Å². The third kappa shape index (κ3) is 3.08. The van der Waals surface area contributed by atoms with E-state index in [4.69, 9.17) is 4.42 Å². The van der Waals surface area contributed by atoms with Crippen molar-refractivity contribution >= 4 is 38.1 Å². The molecular weight excluding hydrogens is 370 g/mol. The molecule has 1 aromatic carbocycles. The molecule has 1 fully saturated rings. The third-order valence-corrected chi connectivity index (χ3v) is 6.37. The van der Waals surface area contributed by atoms with Crippen LogP contribution in [0.3, 0.4) is 0 Å².